The number of hydrogen-bond acceptors (Lipinski definition) is 4. The molecule has 0 bridgehead atoms. The number of rotatable bonds is 3. The number of ether oxygens (including phenoxy) is 1. The molecule has 0 saturated heterocycles. The van der Waals surface area contributed by atoms with Gasteiger partial charge in [0.15, 0.2) is 4.34 Å². The smallest absolute Gasteiger partial charge is 0.155 e. The zero-order chi connectivity index (χ0) is 14.1. The van der Waals surface area contributed by atoms with E-state index in [0.29, 0.717) is 0 Å². The number of halogens is 1. The van der Waals surface area contributed by atoms with Crippen molar-refractivity contribution in [1.29, 1.82) is 0 Å². The summed E-state index contributed by atoms with van der Waals surface area (Å²) in [5, 5.41) is 0. The Morgan fingerprint density at radius 1 is 1.15 bits per heavy atom. The van der Waals surface area contributed by atoms with Crippen molar-refractivity contribution in [3.8, 4) is 5.75 Å². The number of hydrogen-bond donors (Lipinski definition) is 0. The van der Waals surface area contributed by atoms with E-state index < -0.39 is 0 Å². The predicted molar refractivity (Wildman–Crippen MR) is 94.2 cm³/mol. The van der Waals surface area contributed by atoms with Gasteiger partial charge in [0.05, 0.1) is 17.3 Å². The van der Waals surface area contributed by atoms with Crippen LogP contribution >= 0.6 is 45.7 Å². The van der Waals surface area contributed by atoms with Crippen molar-refractivity contribution in [2.75, 3.05) is 7.11 Å². The average molecular weight is 413 g/mol. The lowest BCUT2D eigenvalue weighted by Gasteiger charge is -2.00. The maximum Gasteiger partial charge on any atom is 0.155 e. The Morgan fingerprint density at radius 2 is 1.90 bits per heavy atom. The zero-order valence-electron chi connectivity index (χ0n) is 11.0. The fourth-order valence-electron chi connectivity index (χ4n) is 1.87. The van der Waals surface area contributed by atoms with Crippen LogP contribution in [-0.2, 0) is 0 Å². The Labute approximate surface area is 139 Å². The van der Waals surface area contributed by atoms with Gasteiger partial charge in [-0.1, -0.05) is 17.8 Å². The lowest BCUT2D eigenvalue weighted by molar-refractivity contribution is 0.414. The second-order valence-corrected chi connectivity index (χ2v) is 7.78. The minimum Gasteiger partial charge on any atom is -0.497 e. The zero-order valence-corrected chi connectivity index (χ0v) is 14.8. The average Bonchev–Trinajstić information content (AvgIpc) is 2.89. The molecule has 0 fully saturated rings. The molecule has 1 aromatic heterocycles. The molecule has 0 radical (unpaired) electrons. The number of aryl methyl sites for hydroxylation is 1. The van der Waals surface area contributed by atoms with Crippen LogP contribution in [0.3, 0.4) is 0 Å². The van der Waals surface area contributed by atoms with Crippen molar-refractivity contribution in [3.05, 3.63) is 45.5 Å². The lowest BCUT2D eigenvalue weighted by Crippen LogP contribution is -1.81. The fraction of sp³-hybridized carbons (Fsp3) is 0.133. The first kappa shape index (κ1) is 14.2. The Balaban J connectivity index is 1.94. The quantitative estimate of drug-likeness (QED) is 0.539. The highest BCUT2D eigenvalue weighted by molar-refractivity contribution is 14.1. The standard InChI is InChI=1S/C15H12INOS2/c1-9-3-8-12(16)13-14(9)20-15(17-13)19-11-6-4-10(18-2)5-7-11/h3-8H,1-2H3. The van der Waals surface area contributed by atoms with Crippen molar-refractivity contribution in [1.82, 2.24) is 4.98 Å². The van der Waals surface area contributed by atoms with Crippen LogP contribution < -0.4 is 4.74 Å². The topological polar surface area (TPSA) is 22.1 Å². The molecule has 0 amide bonds. The van der Waals surface area contributed by atoms with Crippen LogP contribution in [0.2, 0.25) is 0 Å². The van der Waals surface area contributed by atoms with E-state index in [1.54, 1.807) is 30.2 Å². The van der Waals surface area contributed by atoms with E-state index in [9.17, 15) is 0 Å². The maximum atomic E-state index is 5.18. The van der Waals surface area contributed by atoms with Gasteiger partial charge < -0.3 is 4.74 Å². The minimum absolute atomic E-state index is 0.879. The second kappa shape index (κ2) is 5.91. The van der Waals surface area contributed by atoms with Crippen molar-refractivity contribution in [3.63, 3.8) is 0 Å². The molecule has 2 nitrogen and oxygen atoms in total. The van der Waals surface area contributed by atoms with E-state index >= 15 is 0 Å². The summed E-state index contributed by atoms with van der Waals surface area (Å²) < 4.78 is 8.75. The second-order valence-electron chi connectivity index (χ2n) is 4.30. The van der Waals surface area contributed by atoms with Crippen molar-refractivity contribution < 1.29 is 4.74 Å². The first-order valence-corrected chi connectivity index (χ1v) is 8.76. The summed E-state index contributed by atoms with van der Waals surface area (Å²) in [5.41, 5.74) is 2.41. The molecule has 0 atom stereocenters. The number of aromatic nitrogens is 1. The molecule has 20 heavy (non-hydrogen) atoms. The van der Waals surface area contributed by atoms with Gasteiger partial charge in [-0.05, 0) is 65.4 Å². The van der Waals surface area contributed by atoms with Crippen LogP contribution in [-0.4, -0.2) is 12.1 Å². The van der Waals surface area contributed by atoms with Gasteiger partial charge in [-0.3, -0.25) is 0 Å². The molecule has 0 saturated carbocycles. The number of nitrogens with zero attached hydrogens (tertiary/aromatic N) is 1. The van der Waals surface area contributed by atoms with E-state index in [2.05, 4.69) is 53.8 Å². The van der Waals surface area contributed by atoms with Gasteiger partial charge in [0.1, 0.15) is 5.75 Å². The van der Waals surface area contributed by atoms with Crippen LogP contribution in [0.1, 0.15) is 5.56 Å². The summed E-state index contributed by atoms with van der Waals surface area (Å²) in [5.74, 6) is 0.879. The fourth-order valence-corrected chi connectivity index (χ4v) is 4.73. The van der Waals surface area contributed by atoms with E-state index in [0.717, 1.165) is 15.6 Å². The Morgan fingerprint density at radius 3 is 2.55 bits per heavy atom. The number of methoxy groups -OCH3 is 1. The number of benzene rings is 2. The molecule has 3 rings (SSSR count). The molecule has 0 spiro atoms. The molecule has 0 aliphatic rings. The highest BCUT2D eigenvalue weighted by Crippen LogP contribution is 2.37. The largest absolute Gasteiger partial charge is 0.497 e. The molecule has 2 aromatic carbocycles. The molecule has 0 aliphatic heterocycles. The van der Waals surface area contributed by atoms with Crippen molar-refractivity contribution in [2.45, 2.75) is 16.2 Å². The van der Waals surface area contributed by atoms with E-state index in [-0.39, 0.29) is 0 Å². The molecular weight excluding hydrogens is 401 g/mol. The van der Waals surface area contributed by atoms with Crippen LogP contribution in [0, 0.1) is 10.5 Å². The molecular formula is C15H12INOS2. The molecule has 102 valence electrons. The van der Waals surface area contributed by atoms with Crippen molar-refractivity contribution >= 4 is 55.9 Å². The maximum absolute atomic E-state index is 5.18. The Kier molecular flexibility index (Phi) is 4.18. The van der Waals surface area contributed by atoms with Gasteiger partial charge in [-0.2, -0.15) is 0 Å². The summed E-state index contributed by atoms with van der Waals surface area (Å²) in [6, 6.07) is 12.4. The van der Waals surface area contributed by atoms with Gasteiger partial charge in [0.2, 0.25) is 0 Å². The third kappa shape index (κ3) is 2.80. The third-order valence-electron chi connectivity index (χ3n) is 2.94. The highest BCUT2D eigenvalue weighted by atomic mass is 127. The van der Waals surface area contributed by atoms with E-state index in [4.69, 9.17) is 9.72 Å². The van der Waals surface area contributed by atoms with Gasteiger partial charge >= 0.3 is 0 Å². The molecule has 1 heterocycles. The predicted octanol–water partition coefficient (Wildman–Crippen LogP) is 5.37. The number of thiazole rings is 1. The lowest BCUT2D eigenvalue weighted by atomic mass is 10.2. The summed E-state index contributed by atoms with van der Waals surface area (Å²) in [7, 11) is 1.68. The third-order valence-corrected chi connectivity index (χ3v) is 6.07. The van der Waals surface area contributed by atoms with Crippen LogP contribution in [0.4, 0.5) is 0 Å². The summed E-state index contributed by atoms with van der Waals surface area (Å²) >= 11 is 5.80. The SMILES string of the molecule is COc1ccc(Sc2nc3c(I)ccc(C)c3s2)cc1. The van der Waals surface area contributed by atoms with Gasteiger partial charge in [-0.25, -0.2) is 4.98 Å². The molecule has 0 unspecified atom stereocenters. The van der Waals surface area contributed by atoms with Crippen LogP contribution in [0.15, 0.2) is 45.6 Å². The highest BCUT2D eigenvalue weighted by Gasteiger charge is 2.10. The van der Waals surface area contributed by atoms with Crippen LogP contribution in [0.5, 0.6) is 5.75 Å². The normalized spacial score (nSPS) is 10.9. The monoisotopic (exact) mass is 413 g/mol. The molecule has 5 heteroatoms. The Bertz CT molecular complexity index is 713. The van der Waals surface area contributed by atoms with Crippen molar-refractivity contribution in [2.24, 2.45) is 0 Å². The van der Waals surface area contributed by atoms with Gasteiger partial charge in [-0.15, -0.1) is 11.3 Å². The van der Waals surface area contributed by atoms with Gasteiger partial charge in [0.25, 0.3) is 0 Å². The van der Waals surface area contributed by atoms with Crippen LogP contribution in [0.25, 0.3) is 10.2 Å². The summed E-state index contributed by atoms with van der Waals surface area (Å²) in [6.45, 7) is 2.14. The Hall–Kier alpha value is -0.790. The number of fused-ring (bicyclic) bond motifs is 1. The summed E-state index contributed by atoms with van der Waals surface area (Å²) in [4.78, 5) is 5.93. The molecule has 3 aromatic rings. The van der Waals surface area contributed by atoms with E-state index in [1.165, 1.54) is 18.7 Å². The first-order chi connectivity index (χ1) is 9.67. The van der Waals surface area contributed by atoms with E-state index in [1.807, 2.05) is 12.1 Å². The minimum atomic E-state index is 0.879. The first-order valence-electron chi connectivity index (χ1n) is 6.05. The van der Waals surface area contributed by atoms with Gasteiger partial charge in [0, 0.05) is 8.47 Å². The summed E-state index contributed by atoms with van der Waals surface area (Å²) in [6.07, 6.45) is 0. The molecule has 0 aliphatic carbocycles. The molecule has 0 N–H and O–H groups in total.